The average molecular weight is 378 g/mol. The maximum Gasteiger partial charge on any atom is 0.336 e. The molecule has 2 aromatic rings. The standard InChI is InChI=1S/C20H26O7/c1-6-11(2)19(23)27-18(20(3,4)24)17(22)13-9-12-7-8-16(21)26-14(12)10-15(13)25-5/h7-11,17-18,22,24H,6H2,1-5H3. The van der Waals surface area contributed by atoms with Crippen LogP contribution in [0.3, 0.4) is 0 Å². The minimum atomic E-state index is -1.51. The van der Waals surface area contributed by atoms with Crippen molar-refractivity contribution < 1.29 is 28.9 Å². The largest absolute Gasteiger partial charge is 0.496 e. The van der Waals surface area contributed by atoms with Crippen LogP contribution in [0.4, 0.5) is 0 Å². The lowest BCUT2D eigenvalue weighted by Crippen LogP contribution is -2.44. The topological polar surface area (TPSA) is 106 Å². The molecule has 2 rings (SSSR count). The zero-order chi connectivity index (χ0) is 20.4. The van der Waals surface area contributed by atoms with E-state index in [1.165, 1.54) is 33.1 Å². The number of carbonyl (C=O) groups excluding carboxylic acids is 1. The van der Waals surface area contributed by atoms with Crippen molar-refractivity contribution in [2.24, 2.45) is 5.92 Å². The molecular weight excluding hydrogens is 352 g/mol. The summed E-state index contributed by atoms with van der Waals surface area (Å²) in [5.41, 5.74) is -1.41. The number of hydrogen-bond donors (Lipinski definition) is 2. The van der Waals surface area contributed by atoms with E-state index in [0.29, 0.717) is 23.0 Å². The number of methoxy groups -OCH3 is 1. The third-order valence-electron chi connectivity index (χ3n) is 4.53. The van der Waals surface area contributed by atoms with Gasteiger partial charge in [-0.2, -0.15) is 0 Å². The molecule has 0 fully saturated rings. The molecule has 3 atom stereocenters. The van der Waals surface area contributed by atoms with Gasteiger partial charge in [0.25, 0.3) is 0 Å². The van der Waals surface area contributed by atoms with E-state index in [4.69, 9.17) is 13.9 Å². The number of carbonyl (C=O) groups is 1. The Morgan fingerprint density at radius 3 is 2.52 bits per heavy atom. The molecule has 1 aromatic heterocycles. The Hall–Kier alpha value is -2.38. The maximum absolute atomic E-state index is 12.2. The molecule has 0 spiro atoms. The van der Waals surface area contributed by atoms with Crippen LogP contribution in [0, 0.1) is 5.92 Å². The van der Waals surface area contributed by atoms with Crippen molar-refractivity contribution in [2.75, 3.05) is 7.11 Å². The fourth-order valence-corrected chi connectivity index (χ4v) is 2.69. The molecule has 1 heterocycles. The lowest BCUT2D eigenvalue weighted by Gasteiger charge is -2.34. The highest BCUT2D eigenvalue weighted by atomic mass is 16.6. The van der Waals surface area contributed by atoms with Crippen molar-refractivity contribution in [3.05, 3.63) is 40.2 Å². The monoisotopic (exact) mass is 378 g/mol. The molecular formula is C20H26O7. The molecule has 0 aliphatic carbocycles. The summed E-state index contributed by atoms with van der Waals surface area (Å²) in [7, 11) is 1.41. The SMILES string of the molecule is CCC(C)C(=O)OC(C(O)c1cc2ccc(=O)oc2cc1OC)C(C)(C)O. The quantitative estimate of drug-likeness (QED) is 0.563. The average Bonchev–Trinajstić information content (AvgIpc) is 2.62. The van der Waals surface area contributed by atoms with Gasteiger partial charge in [-0.05, 0) is 32.4 Å². The lowest BCUT2D eigenvalue weighted by atomic mass is 9.91. The molecule has 7 heteroatoms. The van der Waals surface area contributed by atoms with Crippen molar-refractivity contribution in [2.45, 2.75) is 51.9 Å². The summed E-state index contributed by atoms with van der Waals surface area (Å²) < 4.78 is 15.9. The number of aliphatic hydroxyl groups is 2. The fraction of sp³-hybridized carbons (Fsp3) is 0.500. The van der Waals surface area contributed by atoms with Crippen molar-refractivity contribution in [3.8, 4) is 5.75 Å². The number of esters is 1. The van der Waals surface area contributed by atoms with Crippen LogP contribution in [0.25, 0.3) is 11.0 Å². The third-order valence-corrected chi connectivity index (χ3v) is 4.53. The van der Waals surface area contributed by atoms with Gasteiger partial charge >= 0.3 is 11.6 Å². The van der Waals surface area contributed by atoms with Gasteiger partial charge in [0, 0.05) is 23.1 Å². The van der Waals surface area contributed by atoms with E-state index in [-0.39, 0.29) is 11.7 Å². The highest BCUT2D eigenvalue weighted by Gasteiger charge is 2.39. The Morgan fingerprint density at radius 2 is 1.96 bits per heavy atom. The number of aliphatic hydroxyl groups excluding tert-OH is 1. The fourth-order valence-electron chi connectivity index (χ4n) is 2.69. The van der Waals surface area contributed by atoms with Gasteiger partial charge in [-0.1, -0.05) is 13.8 Å². The zero-order valence-electron chi connectivity index (χ0n) is 16.2. The Kier molecular flexibility index (Phi) is 6.28. The van der Waals surface area contributed by atoms with Crippen LogP contribution in [0.1, 0.15) is 45.8 Å². The first-order valence-electron chi connectivity index (χ1n) is 8.81. The summed E-state index contributed by atoms with van der Waals surface area (Å²) in [5.74, 6) is -0.623. The van der Waals surface area contributed by atoms with E-state index < -0.39 is 29.4 Å². The Morgan fingerprint density at radius 1 is 1.30 bits per heavy atom. The van der Waals surface area contributed by atoms with Crippen LogP contribution in [0.5, 0.6) is 5.75 Å². The number of hydrogen-bond acceptors (Lipinski definition) is 7. The van der Waals surface area contributed by atoms with E-state index in [2.05, 4.69) is 0 Å². The summed E-state index contributed by atoms with van der Waals surface area (Å²) in [6.07, 6.45) is -2.00. The van der Waals surface area contributed by atoms with Crippen molar-refractivity contribution in [3.63, 3.8) is 0 Å². The van der Waals surface area contributed by atoms with Gasteiger partial charge in [0.05, 0.1) is 18.6 Å². The van der Waals surface area contributed by atoms with Crippen molar-refractivity contribution >= 4 is 16.9 Å². The molecule has 0 saturated heterocycles. The Bertz CT molecular complexity index is 863. The van der Waals surface area contributed by atoms with Gasteiger partial charge in [0.2, 0.25) is 0 Å². The molecule has 27 heavy (non-hydrogen) atoms. The van der Waals surface area contributed by atoms with Crippen molar-refractivity contribution in [1.82, 2.24) is 0 Å². The van der Waals surface area contributed by atoms with Crippen LogP contribution >= 0.6 is 0 Å². The second kappa shape index (κ2) is 8.10. The smallest absolute Gasteiger partial charge is 0.336 e. The minimum Gasteiger partial charge on any atom is -0.496 e. The van der Waals surface area contributed by atoms with E-state index in [1.807, 2.05) is 6.92 Å². The molecule has 0 aliphatic heterocycles. The molecule has 0 saturated carbocycles. The van der Waals surface area contributed by atoms with Crippen molar-refractivity contribution in [1.29, 1.82) is 0 Å². The Balaban J connectivity index is 2.50. The summed E-state index contributed by atoms with van der Waals surface area (Å²) in [4.78, 5) is 23.7. The molecule has 7 nitrogen and oxygen atoms in total. The van der Waals surface area contributed by atoms with E-state index in [9.17, 15) is 19.8 Å². The van der Waals surface area contributed by atoms with Gasteiger partial charge in [-0.3, -0.25) is 4.79 Å². The first-order chi connectivity index (χ1) is 12.6. The normalized spacial score (nSPS) is 15.2. The van der Waals surface area contributed by atoms with Gasteiger partial charge < -0.3 is 24.1 Å². The first kappa shape index (κ1) is 20.9. The van der Waals surface area contributed by atoms with E-state index in [1.54, 1.807) is 19.1 Å². The van der Waals surface area contributed by atoms with Gasteiger partial charge in [-0.15, -0.1) is 0 Å². The lowest BCUT2D eigenvalue weighted by molar-refractivity contribution is -0.180. The minimum absolute atomic E-state index is 0.248. The highest BCUT2D eigenvalue weighted by Crippen LogP contribution is 2.36. The summed E-state index contributed by atoms with van der Waals surface area (Å²) in [6, 6.07) is 5.88. The predicted octanol–water partition coefficient (Wildman–Crippen LogP) is 2.56. The number of ether oxygens (including phenoxy) is 2. The molecule has 0 amide bonds. The number of rotatable bonds is 7. The molecule has 0 bridgehead atoms. The number of benzene rings is 1. The van der Waals surface area contributed by atoms with Gasteiger partial charge in [0.1, 0.15) is 17.4 Å². The second-order valence-electron chi connectivity index (χ2n) is 7.15. The molecule has 2 N–H and O–H groups in total. The highest BCUT2D eigenvalue weighted by molar-refractivity contribution is 5.79. The zero-order valence-corrected chi connectivity index (χ0v) is 16.2. The summed E-state index contributed by atoms with van der Waals surface area (Å²) in [6.45, 7) is 6.48. The Labute approximate surface area is 157 Å². The second-order valence-corrected chi connectivity index (χ2v) is 7.15. The summed E-state index contributed by atoms with van der Waals surface area (Å²) in [5, 5.41) is 22.0. The predicted molar refractivity (Wildman–Crippen MR) is 99.6 cm³/mol. The van der Waals surface area contributed by atoms with Crippen LogP contribution in [0.2, 0.25) is 0 Å². The van der Waals surface area contributed by atoms with Crippen LogP contribution < -0.4 is 10.4 Å². The van der Waals surface area contributed by atoms with Gasteiger partial charge in [-0.25, -0.2) is 4.79 Å². The molecule has 148 valence electrons. The molecule has 0 aliphatic rings. The molecule has 3 unspecified atom stereocenters. The maximum atomic E-state index is 12.2. The van der Waals surface area contributed by atoms with Crippen LogP contribution in [0.15, 0.2) is 33.5 Å². The number of fused-ring (bicyclic) bond motifs is 1. The van der Waals surface area contributed by atoms with Gasteiger partial charge in [0.15, 0.2) is 6.10 Å². The third kappa shape index (κ3) is 4.67. The van der Waals surface area contributed by atoms with Crippen LogP contribution in [-0.2, 0) is 9.53 Å². The first-order valence-corrected chi connectivity index (χ1v) is 8.81. The van der Waals surface area contributed by atoms with E-state index >= 15 is 0 Å². The van der Waals surface area contributed by atoms with Crippen LogP contribution in [-0.4, -0.2) is 35.0 Å². The van der Waals surface area contributed by atoms with E-state index in [0.717, 1.165) is 0 Å². The molecule has 1 aromatic carbocycles. The molecule has 0 radical (unpaired) electrons. The summed E-state index contributed by atoms with van der Waals surface area (Å²) >= 11 is 0.